The van der Waals surface area contributed by atoms with Gasteiger partial charge >= 0.3 is 8.80 Å². The van der Waals surface area contributed by atoms with E-state index in [9.17, 15) is 4.79 Å². The molecule has 1 rings (SSSR count). The van der Waals surface area contributed by atoms with Crippen LogP contribution >= 0.6 is 0 Å². The van der Waals surface area contributed by atoms with E-state index in [2.05, 4.69) is 5.32 Å². The lowest BCUT2D eigenvalue weighted by Gasteiger charge is -2.24. The molecule has 6 heteroatoms. The first-order valence-electron chi connectivity index (χ1n) is 5.11. The Morgan fingerprint density at radius 2 is 1.53 bits per heavy atom. The second-order valence-corrected chi connectivity index (χ2v) is 6.34. The average molecular weight is 255 g/mol. The third-order valence-electron chi connectivity index (χ3n) is 2.37. The predicted octanol–water partition coefficient (Wildman–Crippen LogP) is 0.730. The molecule has 0 bridgehead atoms. The van der Waals surface area contributed by atoms with E-state index in [1.807, 2.05) is 12.1 Å². The summed E-state index contributed by atoms with van der Waals surface area (Å²) in [7, 11) is 1.90. The number of amides is 1. The van der Waals surface area contributed by atoms with Crippen LogP contribution in [0.2, 0.25) is 0 Å². The highest BCUT2D eigenvalue weighted by molar-refractivity contribution is 6.75. The number of nitrogens with one attached hydrogen (secondary N) is 1. The van der Waals surface area contributed by atoms with Crippen molar-refractivity contribution < 1.29 is 18.1 Å². The normalized spacial score (nSPS) is 11.3. The zero-order chi connectivity index (χ0) is 12.9. The van der Waals surface area contributed by atoms with Crippen molar-refractivity contribution in [3.63, 3.8) is 0 Å². The Hall–Kier alpha value is -1.21. The van der Waals surface area contributed by atoms with E-state index in [1.54, 1.807) is 33.5 Å². The fraction of sp³-hybridized carbons (Fsp3) is 0.364. The van der Waals surface area contributed by atoms with Gasteiger partial charge in [-0.05, 0) is 12.1 Å². The zero-order valence-electron chi connectivity index (χ0n) is 10.4. The molecule has 0 unspecified atom stereocenters. The topological polar surface area (TPSA) is 56.8 Å². The summed E-state index contributed by atoms with van der Waals surface area (Å²) < 4.78 is 16.1. The van der Waals surface area contributed by atoms with E-state index >= 15 is 0 Å². The minimum atomic E-state index is -2.77. The Morgan fingerprint density at radius 3 is 1.88 bits per heavy atom. The zero-order valence-corrected chi connectivity index (χ0v) is 11.4. The lowest BCUT2D eigenvalue weighted by atomic mass is 10.3. The Kier molecular flexibility index (Phi) is 4.82. The van der Waals surface area contributed by atoms with Crippen LogP contribution in [0.15, 0.2) is 24.3 Å². The summed E-state index contributed by atoms with van der Waals surface area (Å²) in [5, 5.41) is 3.54. The van der Waals surface area contributed by atoms with Crippen LogP contribution in [0.1, 0.15) is 6.92 Å². The van der Waals surface area contributed by atoms with E-state index in [4.69, 9.17) is 13.3 Å². The lowest BCUT2D eigenvalue weighted by molar-refractivity contribution is -0.114. The van der Waals surface area contributed by atoms with Crippen molar-refractivity contribution in [1.29, 1.82) is 0 Å². The van der Waals surface area contributed by atoms with Crippen LogP contribution in [0, 0.1) is 0 Å². The van der Waals surface area contributed by atoms with Crippen LogP contribution in [-0.4, -0.2) is 36.0 Å². The van der Waals surface area contributed by atoms with Gasteiger partial charge in [0.15, 0.2) is 0 Å². The fourth-order valence-corrected chi connectivity index (χ4v) is 3.35. The Morgan fingerprint density at radius 1 is 1.06 bits per heavy atom. The highest BCUT2D eigenvalue weighted by atomic mass is 28.4. The molecule has 1 aromatic carbocycles. The third-order valence-corrected chi connectivity index (χ3v) is 5.02. The third kappa shape index (κ3) is 3.13. The fourth-order valence-electron chi connectivity index (χ4n) is 1.56. The average Bonchev–Trinajstić information content (AvgIpc) is 2.33. The van der Waals surface area contributed by atoms with Crippen molar-refractivity contribution in [2.45, 2.75) is 6.92 Å². The van der Waals surface area contributed by atoms with Crippen LogP contribution < -0.4 is 10.5 Å². The van der Waals surface area contributed by atoms with Gasteiger partial charge < -0.3 is 18.6 Å². The van der Waals surface area contributed by atoms with Crippen LogP contribution in [0.25, 0.3) is 0 Å². The molecule has 0 aliphatic rings. The Balaban J connectivity index is 2.96. The monoisotopic (exact) mass is 255 g/mol. The van der Waals surface area contributed by atoms with Gasteiger partial charge in [-0.2, -0.15) is 0 Å². The van der Waals surface area contributed by atoms with Crippen molar-refractivity contribution in [3.8, 4) is 0 Å². The number of rotatable bonds is 5. The molecule has 0 saturated carbocycles. The largest absolute Gasteiger partial charge is 0.536 e. The Labute approximate surface area is 102 Å². The quantitative estimate of drug-likeness (QED) is 0.788. The van der Waals surface area contributed by atoms with E-state index in [0.717, 1.165) is 10.9 Å². The molecule has 0 atom stereocenters. The summed E-state index contributed by atoms with van der Waals surface area (Å²) in [6, 6.07) is 7.23. The van der Waals surface area contributed by atoms with Gasteiger partial charge in [0.2, 0.25) is 5.91 Å². The molecule has 1 aromatic rings. The molecular weight excluding hydrogens is 238 g/mol. The van der Waals surface area contributed by atoms with Crippen molar-refractivity contribution >= 4 is 25.6 Å². The van der Waals surface area contributed by atoms with Gasteiger partial charge in [0.25, 0.3) is 0 Å². The second-order valence-electron chi connectivity index (χ2n) is 3.43. The molecule has 0 aliphatic carbocycles. The first kappa shape index (κ1) is 13.9. The second kappa shape index (κ2) is 5.92. The molecule has 0 radical (unpaired) electrons. The summed E-state index contributed by atoms with van der Waals surface area (Å²) in [6.07, 6.45) is 0. The summed E-state index contributed by atoms with van der Waals surface area (Å²) in [5.74, 6) is -0.105. The van der Waals surface area contributed by atoms with Gasteiger partial charge in [-0.25, -0.2) is 0 Å². The first-order valence-corrected chi connectivity index (χ1v) is 6.84. The number of carbonyl (C=O) groups is 1. The van der Waals surface area contributed by atoms with Gasteiger partial charge in [-0.15, -0.1) is 0 Å². The lowest BCUT2D eigenvalue weighted by Crippen LogP contribution is -2.54. The number of benzene rings is 1. The molecular formula is C11H17NO4Si. The van der Waals surface area contributed by atoms with Crippen molar-refractivity contribution in [3.05, 3.63) is 24.3 Å². The predicted molar refractivity (Wildman–Crippen MR) is 67.2 cm³/mol. The summed E-state index contributed by atoms with van der Waals surface area (Å²) >= 11 is 0. The van der Waals surface area contributed by atoms with Crippen LogP contribution in [0.5, 0.6) is 0 Å². The van der Waals surface area contributed by atoms with Gasteiger partial charge in [0.1, 0.15) is 0 Å². The molecule has 0 spiro atoms. The number of hydrogen-bond acceptors (Lipinski definition) is 4. The molecule has 0 aliphatic heterocycles. The molecule has 94 valence electrons. The maximum absolute atomic E-state index is 10.9. The van der Waals surface area contributed by atoms with Gasteiger partial charge in [-0.1, -0.05) is 12.1 Å². The molecule has 1 N–H and O–H groups in total. The first-order chi connectivity index (χ1) is 8.07. The molecule has 0 fully saturated rings. The Bertz CT molecular complexity index is 367. The number of hydrogen-bond donors (Lipinski definition) is 1. The standard InChI is InChI=1S/C11H17NO4Si/c1-9(13)12-10-5-7-11(8-6-10)17(14-2,15-3)16-4/h5-8H,1-4H3,(H,12,13). The van der Waals surface area contributed by atoms with Crippen LogP contribution in [0.3, 0.4) is 0 Å². The van der Waals surface area contributed by atoms with Gasteiger partial charge in [-0.3, -0.25) is 4.79 Å². The SMILES string of the molecule is CO[Si](OC)(OC)c1ccc(NC(C)=O)cc1. The van der Waals surface area contributed by atoms with E-state index in [0.29, 0.717) is 0 Å². The molecule has 1 amide bonds. The number of carbonyl (C=O) groups excluding carboxylic acids is 1. The van der Waals surface area contributed by atoms with E-state index in [1.165, 1.54) is 6.92 Å². The van der Waals surface area contributed by atoms with Crippen molar-refractivity contribution in [2.75, 3.05) is 26.6 Å². The van der Waals surface area contributed by atoms with E-state index < -0.39 is 8.80 Å². The van der Waals surface area contributed by atoms with E-state index in [-0.39, 0.29) is 5.91 Å². The summed E-state index contributed by atoms with van der Waals surface area (Å²) in [5.41, 5.74) is 0.729. The minimum absolute atomic E-state index is 0.105. The molecule has 0 aromatic heterocycles. The van der Waals surface area contributed by atoms with Crippen LogP contribution in [-0.2, 0) is 18.1 Å². The highest BCUT2D eigenvalue weighted by Crippen LogP contribution is 2.10. The molecule has 0 saturated heterocycles. The molecule has 17 heavy (non-hydrogen) atoms. The van der Waals surface area contributed by atoms with Crippen molar-refractivity contribution in [2.24, 2.45) is 0 Å². The molecule has 0 heterocycles. The smallest absolute Gasteiger partial charge is 0.373 e. The van der Waals surface area contributed by atoms with Crippen LogP contribution in [0.4, 0.5) is 5.69 Å². The summed E-state index contributed by atoms with van der Waals surface area (Å²) in [4.78, 5) is 10.9. The van der Waals surface area contributed by atoms with Crippen molar-refractivity contribution in [1.82, 2.24) is 0 Å². The summed E-state index contributed by atoms with van der Waals surface area (Å²) in [6.45, 7) is 1.46. The van der Waals surface area contributed by atoms with Gasteiger partial charge in [0, 0.05) is 39.1 Å². The molecule has 5 nitrogen and oxygen atoms in total. The minimum Gasteiger partial charge on any atom is -0.373 e. The maximum Gasteiger partial charge on any atom is 0.536 e. The maximum atomic E-state index is 10.9. The number of anilines is 1. The van der Waals surface area contributed by atoms with Gasteiger partial charge in [0.05, 0.1) is 0 Å². The highest BCUT2D eigenvalue weighted by Gasteiger charge is 2.40.